The highest BCUT2D eigenvalue weighted by molar-refractivity contribution is 7.90. The van der Waals surface area contributed by atoms with Crippen LogP contribution in [0.3, 0.4) is 0 Å². The number of methoxy groups -OCH3 is 2. The molecule has 1 fully saturated rings. The number of benzene rings is 2. The van der Waals surface area contributed by atoms with Gasteiger partial charge in [-0.3, -0.25) is 4.79 Å². The fraction of sp³-hybridized carbons (Fsp3) is 0.333. The van der Waals surface area contributed by atoms with Crippen molar-refractivity contribution >= 4 is 39.1 Å². The Kier molecular flexibility index (Phi) is 5.81. The molecule has 2 aliphatic rings. The molecule has 4 rings (SSSR count). The number of fused-ring (bicyclic) bond motifs is 1. The first-order valence-corrected chi connectivity index (χ1v) is 11.6. The molecule has 2 aromatic carbocycles. The van der Waals surface area contributed by atoms with Gasteiger partial charge >= 0.3 is 0 Å². The molecule has 0 bridgehead atoms. The Morgan fingerprint density at radius 1 is 1.19 bits per heavy atom. The predicted octanol–water partition coefficient (Wildman–Crippen LogP) is 3.16. The number of nitrogens with zero attached hydrogens (tertiary/aromatic N) is 2. The van der Waals surface area contributed by atoms with Gasteiger partial charge in [0.2, 0.25) is 5.91 Å². The number of halogens is 1. The van der Waals surface area contributed by atoms with Crippen LogP contribution in [0.4, 0.5) is 5.69 Å². The summed E-state index contributed by atoms with van der Waals surface area (Å²) >= 11 is 6.29. The number of amidine groups is 1. The molecule has 2 aromatic rings. The van der Waals surface area contributed by atoms with Gasteiger partial charge in [0.25, 0.3) is 10.0 Å². The van der Waals surface area contributed by atoms with E-state index in [1.165, 1.54) is 14.2 Å². The second kappa shape index (κ2) is 8.39. The minimum Gasteiger partial charge on any atom is -0.493 e. The Morgan fingerprint density at radius 3 is 2.65 bits per heavy atom. The molecule has 1 saturated heterocycles. The zero-order chi connectivity index (χ0) is 22.2. The van der Waals surface area contributed by atoms with Crippen molar-refractivity contribution in [3.05, 3.63) is 47.0 Å². The predicted molar refractivity (Wildman–Crippen MR) is 118 cm³/mol. The van der Waals surface area contributed by atoms with Crippen LogP contribution in [0.25, 0.3) is 0 Å². The highest BCUT2D eigenvalue weighted by Crippen LogP contribution is 2.36. The molecule has 8 nitrogen and oxygen atoms in total. The molecule has 1 N–H and O–H groups in total. The average molecular weight is 464 g/mol. The highest BCUT2D eigenvalue weighted by Gasteiger charge is 2.35. The Balaban J connectivity index is 1.53. The van der Waals surface area contributed by atoms with Crippen LogP contribution < -0.4 is 14.8 Å². The average Bonchev–Trinajstić information content (AvgIpc) is 3.06. The summed E-state index contributed by atoms with van der Waals surface area (Å²) in [7, 11) is -0.696. The van der Waals surface area contributed by atoms with Crippen molar-refractivity contribution in [3.8, 4) is 11.5 Å². The smallest absolute Gasteiger partial charge is 0.285 e. The first-order valence-electron chi connectivity index (χ1n) is 9.75. The molecule has 1 amide bonds. The van der Waals surface area contributed by atoms with E-state index in [4.69, 9.17) is 21.1 Å². The molecule has 2 heterocycles. The van der Waals surface area contributed by atoms with Crippen LogP contribution in [-0.4, -0.2) is 52.4 Å². The molecule has 0 aromatic heterocycles. The van der Waals surface area contributed by atoms with Crippen molar-refractivity contribution in [3.63, 3.8) is 0 Å². The highest BCUT2D eigenvalue weighted by atomic mass is 35.5. The van der Waals surface area contributed by atoms with Crippen LogP contribution in [0.2, 0.25) is 5.02 Å². The van der Waals surface area contributed by atoms with Crippen LogP contribution in [0.5, 0.6) is 11.5 Å². The largest absolute Gasteiger partial charge is 0.493 e. The normalized spacial score (nSPS) is 19.4. The number of nitrogens with one attached hydrogen (secondary N) is 1. The molecule has 0 spiro atoms. The van der Waals surface area contributed by atoms with E-state index in [0.717, 1.165) is 6.42 Å². The van der Waals surface area contributed by atoms with Crippen molar-refractivity contribution < 1.29 is 22.7 Å². The number of carbonyl (C=O) groups is 1. The summed E-state index contributed by atoms with van der Waals surface area (Å²) in [6, 6.07) is 9.94. The number of hydrogen-bond donors (Lipinski definition) is 1. The molecule has 0 aliphatic carbocycles. The fourth-order valence-electron chi connectivity index (χ4n) is 3.88. The first-order chi connectivity index (χ1) is 14.8. The van der Waals surface area contributed by atoms with Crippen LogP contribution in [0.1, 0.15) is 18.4 Å². The van der Waals surface area contributed by atoms with Crippen molar-refractivity contribution in [2.24, 2.45) is 10.3 Å². The Hall–Kier alpha value is -2.78. The maximum Gasteiger partial charge on any atom is 0.285 e. The monoisotopic (exact) mass is 463 g/mol. The lowest BCUT2D eigenvalue weighted by Crippen LogP contribution is -2.43. The van der Waals surface area contributed by atoms with Crippen molar-refractivity contribution in [1.82, 2.24) is 4.90 Å². The molecule has 31 heavy (non-hydrogen) atoms. The molecule has 0 saturated carbocycles. The third kappa shape index (κ3) is 4.07. The quantitative estimate of drug-likeness (QED) is 0.748. The lowest BCUT2D eigenvalue weighted by Gasteiger charge is -2.33. The molecule has 10 heteroatoms. The van der Waals surface area contributed by atoms with Gasteiger partial charge in [0, 0.05) is 30.8 Å². The number of carbonyl (C=O) groups excluding carboxylic acids is 1. The third-order valence-corrected chi connectivity index (χ3v) is 7.07. The molecular formula is C21H22ClN3O5S. The van der Waals surface area contributed by atoms with Crippen LogP contribution in [-0.2, 0) is 14.8 Å². The lowest BCUT2D eigenvalue weighted by molar-refractivity contribution is -0.121. The summed E-state index contributed by atoms with van der Waals surface area (Å²) in [6.07, 6.45) is 1.41. The van der Waals surface area contributed by atoms with Gasteiger partial charge in [0.05, 0.1) is 30.8 Å². The zero-order valence-electron chi connectivity index (χ0n) is 17.1. The van der Waals surface area contributed by atoms with Gasteiger partial charge < -0.3 is 19.7 Å². The second-order valence-electron chi connectivity index (χ2n) is 7.35. The van der Waals surface area contributed by atoms with Gasteiger partial charge in [-0.1, -0.05) is 23.7 Å². The van der Waals surface area contributed by atoms with E-state index in [9.17, 15) is 13.2 Å². The Morgan fingerprint density at radius 2 is 1.90 bits per heavy atom. The number of hydrogen-bond acceptors (Lipinski definition) is 6. The van der Waals surface area contributed by atoms with Crippen molar-refractivity contribution in [2.45, 2.75) is 17.7 Å². The van der Waals surface area contributed by atoms with Gasteiger partial charge in [-0.05, 0) is 25.0 Å². The maximum atomic E-state index is 13.0. The number of anilines is 1. The molecule has 0 unspecified atom stereocenters. The molecular weight excluding hydrogens is 442 g/mol. The summed E-state index contributed by atoms with van der Waals surface area (Å²) < 4.78 is 39.2. The van der Waals surface area contributed by atoms with Gasteiger partial charge in [-0.15, -0.1) is 4.40 Å². The van der Waals surface area contributed by atoms with E-state index in [0.29, 0.717) is 53.1 Å². The second-order valence-corrected chi connectivity index (χ2v) is 9.33. The molecule has 0 radical (unpaired) electrons. The van der Waals surface area contributed by atoms with E-state index < -0.39 is 10.0 Å². The summed E-state index contributed by atoms with van der Waals surface area (Å²) in [5.74, 6) is 0.768. The third-order valence-electron chi connectivity index (χ3n) is 5.44. The van der Waals surface area contributed by atoms with Crippen LogP contribution >= 0.6 is 11.6 Å². The molecule has 164 valence electrons. The summed E-state index contributed by atoms with van der Waals surface area (Å²) in [6.45, 7) is 0.989. The van der Waals surface area contributed by atoms with Crippen LogP contribution in [0, 0.1) is 5.92 Å². The zero-order valence-corrected chi connectivity index (χ0v) is 18.7. The number of ether oxygens (including phenoxy) is 2. The number of rotatable bonds is 4. The summed E-state index contributed by atoms with van der Waals surface area (Å²) in [5.41, 5.74) is 0.999. The van der Waals surface area contributed by atoms with Crippen molar-refractivity contribution in [2.75, 3.05) is 32.6 Å². The van der Waals surface area contributed by atoms with Gasteiger partial charge in [-0.25, -0.2) is 0 Å². The standard InChI is InChI=1S/C21H22ClN3O5S/c1-29-17-10-15(22)16(11-18(17)30-2)23-21(26)13-6-5-9-25(12-13)20-14-7-3-4-8-19(14)31(27,28)24-20/h3-4,7-8,10-11,13H,5-6,9,12H2,1-2H3,(H,23,26)/t13-/m0/s1. The number of sulfonamides is 1. The summed E-state index contributed by atoms with van der Waals surface area (Å²) in [4.78, 5) is 15.1. The number of likely N-dealkylation sites (tertiary alicyclic amines) is 1. The number of piperidine rings is 1. The fourth-order valence-corrected chi connectivity index (χ4v) is 5.31. The van der Waals surface area contributed by atoms with E-state index >= 15 is 0 Å². The Bertz CT molecular complexity index is 1170. The number of amides is 1. The van der Waals surface area contributed by atoms with Gasteiger partial charge in [0.15, 0.2) is 17.3 Å². The van der Waals surface area contributed by atoms with Gasteiger partial charge in [-0.2, -0.15) is 8.42 Å². The SMILES string of the molecule is COc1cc(Cl)c(NC(=O)[C@H]2CCCN(C3=NS(=O)(=O)c4ccccc43)C2)cc1OC. The van der Waals surface area contributed by atoms with E-state index in [1.54, 1.807) is 36.4 Å². The van der Waals surface area contributed by atoms with E-state index in [-0.39, 0.29) is 16.7 Å². The molecule has 1 atom stereocenters. The van der Waals surface area contributed by atoms with E-state index in [2.05, 4.69) is 9.71 Å². The maximum absolute atomic E-state index is 13.0. The topological polar surface area (TPSA) is 97.3 Å². The minimum atomic E-state index is -3.71. The minimum absolute atomic E-state index is 0.200. The van der Waals surface area contributed by atoms with Crippen molar-refractivity contribution in [1.29, 1.82) is 0 Å². The first kappa shape index (κ1) is 21.5. The Labute approximate surface area is 185 Å². The lowest BCUT2D eigenvalue weighted by atomic mass is 9.96. The van der Waals surface area contributed by atoms with Gasteiger partial charge in [0.1, 0.15) is 4.90 Å². The summed E-state index contributed by atoms with van der Waals surface area (Å²) in [5, 5.41) is 3.19. The molecule has 2 aliphatic heterocycles. The van der Waals surface area contributed by atoms with Crippen LogP contribution in [0.15, 0.2) is 45.7 Å². The van der Waals surface area contributed by atoms with E-state index in [1.807, 2.05) is 4.90 Å².